The largest absolute Gasteiger partial charge is 0.396 e. The molecular formula is C14H22FN3O. The summed E-state index contributed by atoms with van der Waals surface area (Å²) in [6.45, 7) is 3.36. The summed E-state index contributed by atoms with van der Waals surface area (Å²) in [7, 11) is 1.91. The zero-order valence-electron chi connectivity index (χ0n) is 11.6. The van der Waals surface area contributed by atoms with Crippen molar-refractivity contribution in [1.29, 1.82) is 0 Å². The predicted molar refractivity (Wildman–Crippen MR) is 76.5 cm³/mol. The Morgan fingerprint density at radius 2 is 2.16 bits per heavy atom. The molecule has 0 bridgehead atoms. The lowest BCUT2D eigenvalue weighted by molar-refractivity contribution is -0.117. The Bertz CT molecular complexity index is 423. The smallest absolute Gasteiger partial charge is 0.238 e. The molecule has 106 valence electrons. The zero-order valence-corrected chi connectivity index (χ0v) is 11.6. The number of likely N-dealkylation sites (N-methyl/N-ethyl adjacent to an activating group) is 1. The van der Waals surface area contributed by atoms with Crippen LogP contribution in [0.15, 0.2) is 18.2 Å². The number of amides is 1. The first-order valence-electron chi connectivity index (χ1n) is 6.56. The third-order valence-corrected chi connectivity index (χ3v) is 2.84. The molecule has 4 nitrogen and oxygen atoms in total. The minimum atomic E-state index is -0.477. The van der Waals surface area contributed by atoms with Gasteiger partial charge in [0.1, 0.15) is 5.82 Å². The molecule has 0 aliphatic heterocycles. The number of carbonyl (C=O) groups is 1. The van der Waals surface area contributed by atoms with Crippen LogP contribution in [-0.2, 0) is 4.79 Å². The van der Waals surface area contributed by atoms with Gasteiger partial charge in [-0.25, -0.2) is 4.39 Å². The van der Waals surface area contributed by atoms with Crippen LogP contribution in [0, 0.1) is 5.82 Å². The first-order valence-corrected chi connectivity index (χ1v) is 6.56. The molecule has 0 aromatic heterocycles. The molecule has 0 saturated carbocycles. The van der Waals surface area contributed by atoms with Crippen LogP contribution in [0.3, 0.4) is 0 Å². The highest BCUT2D eigenvalue weighted by atomic mass is 19.1. The van der Waals surface area contributed by atoms with Crippen LogP contribution in [0.25, 0.3) is 0 Å². The van der Waals surface area contributed by atoms with Crippen LogP contribution in [0.2, 0.25) is 0 Å². The topological polar surface area (TPSA) is 58.4 Å². The normalized spacial score (nSPS) is 10.7. The SMILES string of the molecule is CCCCCN(C)CC(=O)Nc1ccc(F)c(N)c1. The maximum atomic E-state index is 13.0. The van der Waals surface area contributed by atoms with Crippen molar-refractivity contribution in [2.45, 2.75) is 26.2 Å². The maximum absolute atomic E-state index is 13.0. The molecule has 0 fully saturated rings. The monoisotopic (exact) mass is 267 g/mol. The molecule has 0 saturated heterocycles. The van der Waals surface area contributed by atoms with Crippen molar-refractivity contribution < 1.29 is 9.18 Å². The maximum Gasteiger partial charge on any atom is 0.238 e. The van der Waals surface area contributed by atoms with Crippen LogP contribution < -0.4 is 11.1 Å². The van der Waals surface area contributed by atoms with E-state index in [1.54, 1.807) is 0 Å². The van der Waals surface area contributed by atoms with E-state index in [1.165, 1.54) is 24.6 Å². The van der Waals surface area contributed by atoms with Gasteiger partial charge in [-0.15, -0.1) is 0 Å². The number of anilines is 2. The summed E-state index contributed by atoms with van der Waals surface area (Å²) in [6, 6.07) is 4.17. The van der Waals surface area contributed by atoms with Crippen LogP contribution in [0.5, 0.6) is 0 Å². The van der Waals surface area contributed by atoms with E-state index >= 15 is 0 Å². The van der Waals surface area contributed by atoms with Crippen molar-refractivity contribution in [3.8, 4) is 0 Å². The van der Waals surface area contributed by atoms with Gasteiger partial charge in [0, 0.05) is 5.69 Å². The standard InChI is InChI=1S/C14H22FN3O/c1-3-4-5-8-18(2)10-14(19)17-11-6-7-12(15)13(16)9-11/h6-7,9H,3-5,8,10,16H2,1-2H3,(H,17,19). The summed E-state index contributed by atoms with van der Waals surface area (Å²) in [6.07, 6.45) is 3.42. The highest BCUT2D eigenvalue weighted by molar-refractivity contribution is 5.92. The Kier molecular flexibility index (Phi) is 6.29. The van der Waals surface area contributed by atoms with Gasteiger partial charge in [-0.1, -0.05) is 19.8 Å². The number of nitrogen functional groups attached to an aromatic ring is 1. The van der Waals surface area contributed by atoms with E-state index in [2.05, 4.69) is 12.2 Å². The third-order valence-electron chi connectivity index (χ3n) is 2.84. The van der Waals surface area contributed by atoms with Gasteiger partial charge in [-0.2, -0.15) is 0 Å². The molecule has 1 aromatic carbocycles. The zero-order chi connectivity index (χ0) is 14.3. The molecule has 1 rings (SSSR count). The summed E-state index contributed by atoms with van der Waals surface area (Å²) in [5, 5.41) is 2.70. The van der Waals surface area contributed by atoms with Gasteiger partial charge >= 0.3 is 0 Å². The number of unbranched alkanes of at least 4 members (excludes halogenated alkanes) is 2. The van der Waals surface area contributed by atoms with Gasteiger partial charge in [-0.3, -0.25) is 9.69 Å². The molecule has 0 aliphatic carbocycles. The van der Waals surface area contributed by atoms with E-state index in [9.17, 15) is 9.18 Å². The second-order valence-electron chi connectivity index (χ2n) is 4.73. The Balaban J connectivity index is 2.39. The molecule has 5 heteroatoms. The molecule has 19 heavy (non-hydrogen) atoms. The molecule has 1 aromatic rings. The van der Waals surface area contributed by atoms with Crippen molar-refractivity contribution in [2.24, 2.45) is 0 Å². The average molecular weight is 267 g/mol. The van der Waals surface area contributed by atoms with Gasteiger partial charge in [0.15, 0.2) is 0 Å². The minimum Gasteiger partial charge on any atom is -0.396 e. The lowest BCUT2D eigenvalue weighted by atomic mass is 10.2. The average Bonchev–Trinajstić information content (AvgIpc) is 2.34. The number of carbonyl (C=O) groups excluding carboxylic acids is 1. The van der Waals surface area contributed by atoms with Crippen LogP contribution in [0.1, 0.15) is 26.2 Å². The van der Waals surface area contributed by atoms with Gasteiger partial charge in [0.25, 0.3) is 0 Å². The fourth-order valence-corrected chi connectivity index (χ4v) is 1.78. The first-order chi connectivity index (χ1) is 9.02. The van der Waals surface area contributed by atoms with Crippen molar-refractivity contribution >= 4 is 17.3 Å². The van der Waals surface area contributed by atoms with Crippen molar-refractivity contribution in [3.63, 3.8) is 0 Å². The number of nitrogens with two attached hydrogens (primary N) is 1. The van der Waals surface area contributed by atoms with E-state index in [-0.39, 0.29) is 11.6 Å². The Morgan fingerprint density at radius 1 is 1.42 bits per heavy atom. The molecule has 3 N–H and O–H groups in total. The minimum absolute atomic E-state index is 0.0362. The molecule has 0 atom stereocenters. The second-order valence-corrected chi connectivity index (χ2v) is 4.73. The summed E-state index contributed by atoms with van der Waals surface area (Å²) in [5.74, 6) is -0.598. The summed E-state index contributed by atoms with van der Waals surface area (Å²) in [4.78, 5) is 13.7. The van der Waals surface area contributed by atoms with Crippen LogP contribution in [0.4, 0.5) is 15.8 Å². The van der Waals surface area contributed by atoms with Gasteiger partial charge in [0.2, 0.25) is 5.91 Å². The fraction of sp³-hybridized carbons (Fsp3) is 0.500. The number of nitrogens with one attached hydrogen (secondary N) is 1. The molecule has 0 radical (unpaired) electrons. The number of hydrogen-bond donors (Lipinski definition) is 2. The van der Waals surface area contributed by atoms with Gasteiger partial charge in [-0.05, 0) is 38.2 Å². The summed E-state index contributed by atoms with van der Waals surface area (Å²) >= 11 is 0. The molecule has 0 aliphatic rings. The molecule has 0 unspecified atom stereocenters. The Morgan fingerprint density at radius 3 is 2.79 bits per heavy atom. The third kappa shape index (κ3) is 5.70. The molecule has 0 heterocycles. The second kappa shape index (κ2) is 7.74. The highest BCUT2D eigenvalue weighted by Gasteiger charge is 2.07. The number of benzene rings is 1. The Hall–Kier alpha value is -1.62. The van der Waals surface area contributed by atoms with E-state index in [0.29, 0.717) is 12.2 Å². The quantitative estimate of drug-likeness (QED) is 0.589. The van der Waals surface area contributed by atoms with Gasteiger partial charge < -0.3 is 11.1 Å². The molecule has 0 spiro atoms. The fourth-order valence-electron chi connectivity index (χ4n) is 1.78. The first kappa shape index (κ1) is 15.4. The van der Waals surface area contributed by atoms with Crippen LogP contribution in [-0.4, -0.2) is 30.9 Å². The van der Waals surface area contributed by atoms with Crippen molar-refractivity contribution in [1.82, 2.24) is 4.90 Å². The number of hydrogen-bond acceptors (Lipinski definition) is 3. The van der Waals surface area contributed by atoms with Crippen LogP contribution >= 0.6 is 0 Å². The number of nitrogens with zero attached hydrogens (tertiary/aromatic N) is 1. The van der Waals surface area contributed by atoms with E-state index < -0.39 is 5.82 Å². The van der Waals surface area contributed by atoms with E-state index in [1.807, 2.05) is 11.9 Å². The number of rotatable bonds is 7. The van der Waals surface area contributed by atoms with E-state index in [0.717, 1.165) is 19.4 Å². The lowest BCUT2D eigenvalue weighted by Gasteiger charge is -2.16. The summed E-state index contributed by atoms with van der Waals surface area (Å²) in [5.41, 5.74) is 6.00. The number of halogens is 1. The highest BCUT2D eigenvalue weighted by Crippen LogP contribution is 2.16. The van der Waals surface area contributed by atoms with Gasteiger partial charge in [0.05, 0.1) is 12.2 Å². The van der Waals surface area contributed by atoms with E-state index in [4.69, 9.17) is 5.73 Å². The molecular weight excluding hydrogens is 245 g/mol. The van der Waals surface area contributed by atoms with Crippen molar-refractivity contribution in [3.05, 3.63) is 24.0 Å². The molecule has 1 amide bonds. The lowest BCUT2D eigenvalue weighted by Crippen LogP contribution is -2.30. The summed E-state index contributed by atoms with van der Waals surface area (Å²) < 4.78 is 13.0. The predicted octanol–water partition coefficient (Wildman–Crippen LogP) is 2.47. The van der Waals surface area contributed by atoms with Crippen molar-refractivity contribution in [2.75, 3.05) is 31.2 Å². The Labute approximate surface area is 113 Å².